The summed E-state index contributed by atoms with van der Waals surface area (Å²) in [6, 6.07) is 10.3. The second-order valence-electron chi connectivity index (χ2n) is 4.86. The van der Waals surface area contributed by atoms with Crippen LogP contribution in [0.25, 0.3) is 0 Å². The molecule has 1 heterocycles. The smallest absolute Gasteiger partial charge is 0.212 e. The molecule has 1 fully saturated rings. The zero-order valence-corrected chi connectivity index (χ0v) is 11.7. The van der Waals surface area contributed by atoms with Crippen molar-refractivity contribution < 1.29 is 8.42 Å². The standard InChI is InChI=1S/C14H21NO2S/c1-2-18(16,17)15-11-7-6-10-14(12-15)13-8-4-3-5-9-13/h3-5,8-9,14H,2,6-7,10-12H2,1H3/t14-/m1/s1. The van der Waals surface area contributed by atoms with Crippen molar-refractivity contribution in [3.05, 3.63) is 35.9 Å². The fourth-order valence-corrected chi connectivity index (χ4v) is 3.72. The average molecular weight is 267 g/mol. The molecule has 0 N–H and O–H groups in total. The Morgan fingerprint density at radius 3 is 2.61 bits per heavy atom. The molecule has 0 saturated carbocycles. The van der Waals surface area contributed by atoms with Crippen LogP contribution in [0.2, 0.25) is 0 Å². The van der Waals surface area contributed by atoms with Gasteiger partial charge in [0.05, 0.1) is 5.75 Å². The molecular weight excluding hydrogens is 246 g/mol. The van der Waals surface area contributed by atoms with Crippen LogP contribution in [0.5, 0.6) is 0 Å². The van der Waals surface area contributed by atoms with E-state index in [2.05, 4.69) is 12.1 Å². The lowest BCUT2D eigenvalue weighted by molar-refractivity contribution is 0.407. The van der Waals surface area contributed by atoms with Crippen LogP contribution in [0.1, 0.15) is 37.7 Å². The minimum absolute atomic E-state index is 0.203. The van der Waals surface area contributed by atoms with E-state index < -0.39 is 10.0 Å². The predicted molar refractivity (Wildman–Crippen MR) is 74.1 cm³/mol. The van der Waals surface area contributed by atoms with Crippen molar-refractivity contribution in [1.29, 1.82) is 0 Å². The van der Waals surface area contributed by atoms with Gasteiger partial charge in [0.25, 0.3) is 0 Å². The predicted octanol–water partition coefficient (Wildman–Crippen LogP) is 2.61. The van der Waals surface area contributed by atoms with Gasteiger partial charge in [0, 0.05) is 13.1 Å². The fourth-order valence-electron chi connectivity index (χ4n) is 2.54. The summed E-state index contributed by atoms with van der Waals surface area (Å²) >= 11 is 0. The summed E-state index contributed by atoms with van der Waals surface area (Å²) in [6.45, 7) is 3.04. The normalized spacial score (nSPS) is 22.6. The van der Waals surface area contributed by atoms with E-state index in [0.29, 0.717) is 19.0 Å². The highest BCUT2D eigenvalue weighted by atomic mass is 32.2. The summed E-state index contributed by atoms with van der Waals surface area (Å²) < 4.78 is 25.7. The number of nitrogens with zero attached hydrogens (tertiary/aromatic N) is 1. The maximum absolute atomic E-state index is 12.0. The van der Waals surface area contributed by atoms with Gasteiger partial charge >= 0.3 is 0 Å². The van der Waals surface area contributed by atoms with Gasteiger partial charge in [-0.05, 0) is 31.2 Å². The largest absolute Gasteiger partial charge is 0.213 e. The Labute approximate surface area is 110 Å². The Hall–Kier alpha value is -0.870. The second-order valence-corrected chi connectivity index (χ2v) is 7.12. The van der Waals surface area contributed by atoms with E-state index in [1.807, 2.05) is 18.2 Å². The molecule has 0 radical (unpaired) electrons. The first-order valence-corrected chi connectivity index (χ1v) is 8.27. The Balaban J connectivity index is 2.18. The second kappa shape index (κ2) is 5.85. The molecule has 1 saturated heterocycles. The van der Waals surface area contributed by atoms with Gasteiger partial charge in [0.2, 0.25) is 10.0 Å². The van der Waals surface area contributed by atoms with E-state index in [1.165, 1.54) is 5.56 Å². The molecule has 2 rings (SSSR count). The lowest BCUT2D eigenvalue weighted by Gasteiger charge is -2.23. The van der Waals surface area contributed by atoms with Crippen molar-refractivity contribution >= 4 is 10.0 Å². The lowest BCUT2D eigenvalue weighted by atomic mass is 9.95. The number of hydrogen-bond acceptors (Lipinski definition) is 2. The van der Waals surface area contributed by atoms with Crippen LogP contribution in [0, 0.1) is 0 Å². The summed E-state index contributed by atoms with van der Waals surface area (Å²) in [6.07, 6.45) is 3.16. The summed E-state index contributed by atoms with van der Waals surface area (Å²) in [4.78, 5) is 0. The topological polar surface area (TPSA) is 37.4 Å². The van der Waals surface area contributed by atoms with E-state index in [9.17, 15) is 8.42 Å². The molecule has 18 heavy (non-hydrogen) atoms. The first-order valence-electron chi connectivity index (χ1n) is 6.66. The van der Waals surface area contributed by atoms with Crippen LogP contribution in [0.4, 0.5) is 0 Å². The zero-order chi connectivity index (χ0) is 13.0. The molecule has 0 bridgehead atoms. The minimum Gasteiger partial charge on any atom is -0.212 e. The molecule has 0 amide bonds. The minimum atomic E-state index is -3.05. The van der Waals surface area contributed by atoms with Crippen LogP contribution in [0.3, 0.4) is 0 Å². The van der Waals surface area contributed by atoms with Gasteiger partial charge in [-0.1, -0.05) is 36.8 Å². The molecular formula is C14H21NO2S. The Morgan fingerprint density at radius 2 is 1.94 bits per heavy atom. The van der Waals surface area contributed by atoms with Crippen molar-refractivity contribution in [3.63, 3.8) is 0 Å². The third-order valence-corrected chi connectivity index (χ3v) is 5.51. The van der Waals surface area contributed by atoms with Gasteiger partial charge < -0.3 is 0 Å². The highest BCUT2D eigenvalue weighted by molar-refractivity contribution is 7.89. The maximum Gasteiger partial charge on any atom is 0.213 e. The molecule has 100 valence electrons. The molecule has 0 aromatic heterocycles. The molecule has 4 heteroatoms. The first-order chi connectivity index (χ1) is 8.63. The van der Waals surface area contributed by atoms with Crippen LogP contribution in [0.15, 0.2) is 30.3 Å². The summed E-state index contributed by atoms with van der Waals surface area (Å²) in [5, 5.41) is 0. The molecule has 1 aliphatic rings. The SMILES string of the molecule is CCS(=O)(=O)N1CCCC[C@@H](c2ccccc2)C1. The van der Waals surface area contributed by atoms with Gasteiger partial charge in [-0.15, -0.1) is 0 Å². The van der Waals surface area contributed by atoms with Gasteiger partial charge in [0.15, 0.2) is 0 Å². The summed E-state index contributed by atoms with van der Waals surface area (Å²) in [7, 11) is -3.05. The average Bonchev–Trinajstić information content (AvgIpc) is 2.66. The van der Waals surface area contributed by atoms with Crippen molar-refractivity contribution in [1.82, 2.24) is 4.31 Å². The van der Waals surface area contributed by atoms with Crippen molar-refractivity contribution in [3.8, 4) is 0 Å². The Morgan fingerprint density at radius 1 is 1.22 bits per heavy atom. The van der Waals surface area contributed by atoms with Crippen LogP contribution in [-0.2, 0) is 10.0 Å². The highest BCUT2D eigenvalue weighted by Crippen LogP contribution is 2.27. The molecule has 1 aromatic rings. The molecule has 1 aliphatic heterocycles. The Bertz CT molecular complexity index is 470. The number of hydrogen-bond donors (Lipinski definition) is 0. The van der Waals surface area contributed by atoms with Crippen LogP contribution in [-0.4, -0.2) is 31.6 Å². The summed E-state index contributed by atoms with van der Waals surface area (Å²) in [5.74, 6) is 0.546. The van der Waals surface area contributed by atoms with Gasteiger partial charge in [-0.2, -0.15) is 0 Å². The maximum atomic E-state index is 12.0. The quantitative estimate of drug-likeness (QED) is 0.844. The van der Waals surface area contributed by atoms with E-state index in [4.69, 9.17) is 0 Å². The molecule has 0 unspecified atom stereocenters. The number of sulfonamides is 1. The lowest BCUT2D eigenvalue weighted by Crippen LogP contribution is -2.35. The van der Waals surface area contributed by atoms with Crippen LogP contribution < -0.4 is 0 Å². The fraction of sp³-hybridized carbons (Fsp3) is 0.571. The summed E-state index contributed by atoms with van der Waals surface area (Å²) in [5.41, 5.74) is 1.26. The third-order valence-electron chi connectivity index (χ3n) is 3.66. The third kappa shape index (κ3) is 3.12. The van der Waals surface area contributed by atoms with Gasteiger partial charge in [-0.3, -0.25) is 0 Å². The number of benzene rings is 1. The highest BCUT2D eigenvalue weighted by Gasteiger charge is 2.26. The Kier molecular flexibility index (Phi) is 4.40. The monoisotopic (exact) mass is 267 g/mol. The molecule has 3 nitrogen and oxygen atoms in total. The zero-order valence-electron chi connectivity index (χ0n) is 10.9. The molecule has 1 aromatic carbocycles. The van der Waals surface area contributed by atoms with E-state index in [0.717, 1.165) is 19.3 Å². The molecule has 1 atom stereocenters. The number of rotatable bonds is 3. The van der Waals surface area contributed by atoms with Crippen LogP contribution >= 0.6 is 0 Å². The van der Waals surface area contributed by atoms with E-state index in [-0.39, 0.29) is 5.75 Å². The van der Waals surface area contributed by atoms with E-state index in [1.54, 1.807) is 11.2 Å². The van der Waals surface area contributed by atoms with Gasteiger partial charge in [-0.25, -0.2) is 12.7 Å². The van der Waals surface area contributed by atoms with E-state index >= 15 is 0 Å². The first kappa shape index (κ1) is 13.6. The molecule has 0 aliphatic carbocycles. The van der Waals surface area contributed by atoms with Crippen molar-refractivity contribution in [2.45, 2.75) is 32.1 Å². The van der Waals surface area contributed by atoms with Gasteiger partial charge in [0.1, 0.15) is 0 Å². The molecule has 0 spiro atoms. The van der Waals surface area contributed by atoms with Crippen molar-refractivity contribution in [2.24, 2.45) is 0 Å². The van der Waals surface area contributed by atoms with Crippen molar-refractivity contribution in [2.75, 3.05) is 18.8 Å².